The molecule has 2 aromatic carbocycles. The van der Waals surface area contributed by atoms with Crippen LogP contribution in [0.2, 0.25) is 5.15 Å². The molecule has 1 N–H and O–H groups in total. The fourth-order valence-corrected chi connectivity index (χ4v) is 3.13. The van der Waals surface area contributed by atoms with Crippen LogP contribution in [0.5, 0.6) is 17.2 Å². The number of halogens is 1. The summed E-state index contributed by atoms with van der Waals surface area (Å²) in [4.78, 5) is 16.6. The maximum atomic E-state index is 12.2. The molecule has 0 aliphatic carbocycles. The molecule has 0 radical (unpaired) electrons. The van der Waals surface area contributed by atoms with Gasteiger partial charge in [0.2, 0.25) is 0 Å². The van der Waals surface area contributed by atoms with E-state index < -0.39 is 5.97 Å². The predicted octanol–water partition coefficient (Wildman–Crippen LogP) is 4.31. The molecule has 0 unspecified atom stereocenters. The number of nitrogens with one attached hydrogen (secondary N) is 1. The number of carbonyl (C=O) groups excluding carboxylic acids is 1. The first kappa shape index (κ1) is 20.5. The van der Waals surface area contributed by atoms with E-state index in [2.05, 4.69) is 10.3 Å². The molecule has 0 saturated heterocycles. The van der Waals surface area contributed by atoms with E-state index in [1.165, 1.54) is 21.3 Å². The smallest absolute Gasteiger partial charge is 0.340 e. The molecule has 0 aliphatic heterocycles. The molecule has 0 bridgehead atoms. The number of rotatable bonds is 7. The van der Waals surface area contributed by atoms with Crippen molar-refractivity contribution in [3.05, 3.63) is 52.7 Å². The summed E-state index contributed by atoms with van der Waals surface area (Å²) in [6.07, 6.45) is 0. The van der Waals surface area contributed by atoms with Crippen LogP contribution in [0.15, 0.2) is 36.4 Å². The number of carbonyl (C=O) groups is 1. The van der Waals surface area contributed by atoms with Gasteiger partial charge in [0.05, 0.1) is 45.2 Å². The van der Waals surface area contributed by atoms with Gasteiger partial charge in [0.1, 0.15) is 10.9 Å². The number of methoxy groups -OCH3 is 4. The summed E-state index contributed by atoms with van der Waals surface area (Å²) >= 11 is 6.37. The summed E-state index contributed by atoms with van der Waals surface area (Å²) < 4.78 is 20.7. The Kier molecular flexibility index (Phi) is 6.29. The minimum absolute atomic E-state index is 0.319. The van der Waals surface area contributed by atoms with Crippen molar-refractivity contribution in [3.8, 4) is 17.2 Å². The largest absolute Gasteiger partial charge is 0.497 e. The SMILES string of the molecule is COC(=O)c1cc(OC)c(OC)cc1NCc1cc2ccc(OC)cc2nc1Cl. The Morgan fingerprint density at radius 2 is 1.72 bits per heavy atom. The second kappa shape index (κ2) is 8.87. The highest BCUT2D eigenvalue weighted by Crippen LogP contribution is 2.34. The number of aromatic nitrogens is 1. The summed E-state index contributed by atoms with van der Waals surface area (Å²) in [7, 11) is 5.95. The molecule has 7 nitrogen and oxygen atoms in total. The van der Waals surface area contributed by atoms with Gasteiger partial charge in [0.15, 0.2) is 11.5 Å². The number of hydrogen-bond donors (Lipinski definition) is 1. The van der Waals surface area contributed by atoms with Crippen LogP contribution in [0.4, 0.5) is 5.69 Å². The first-order valence-electron chi connectivity index (χ1n) is 8.72. The second-order valence-electron chi connectivity index (χ2n) is 6.09. The van der Waals surface area contributed by atoms with Gasteiger partial charge in [-0.15, -0.1) is 0 Å². The van der Waals surface area contributed by atoms with Crippen LogP contribution < -0.4 is 19.5 Å². The maximum absolute atomic E-state index is 12.2. The fraction of sp³-hybridized carbons (Fsp3) is 0.238. The fourth-order valence-electron chi connectivity index (χ4n) is 2.91. The van der Waals surface area contributed by atoms with Crippen molar-refractivity contribution in [1.29, 1.82) is 0 Å². The normalized spacial score (nSPS) is 10.5. The summed E-state index contributed by atoms with van der Waals surface area (Å²) in [6.45, 7) is 0.341. The molecule has 0 aliphatic rings. The summed E-state index contributed by atoms with van der Waals surface area (Å²) in [6, 6.07) is 10.8. The third-order valence-corrected chi connectivity index (χ3v) is 4.78. The molecule has 29 heavy (non-hydrogen) atoms. The van der Waals surface area contributed by atoms with E-state index in [-0.39, 0.29) is 0 Å². The average Bonchev–Trinajstić information content (AvgIpc) is 2.75. The van der Waals surface area contributed by atoms with Crippen LogP contribution in [-0.2, 0) is 11.3 Å². The van der Waals surface area contributed by atoms with Crippen LogP contribution in [0.25, 0.3) is 10.9 Å². The average molecular weight is 417 g/mol. The van der Waals surface area contributed by atoms with E-state index in [0.29, 0.717) is 40.2 Å². The van der Waals surface area contributed by atoms with Crippen molar-refractivity contribution < 1.29 is 23.7 Å². The maximum Gasteiger partial charge on any atom is 0.340 e. The van der Waals surface area contributed by atoms with Crippen molar-refractivity contribution in [1.82, 2.24) is 4.98 Å². The third-order valence-electron chi connectivity index (χ3n) is 4.45. The summed E-state index contributed by atoms with van der Waals surface area (Å²) in [5, 5.41) is 4.50. The van der Waals surface area contributed by atoms with Crippen molar-refractivity contribution >= 4 is 34.2 Å². The standard InChI is InChI=1S/C21H21ClN2O5/c1-26-14-6-5-12-7-13(20(22)24-16(12)8-14)11-23-17-10-19(28-3)18(27-2)9-15(17)21(25)29-4/h5-10,23H,11H2,1-4H3. The predicted molar refractivity (Wildman–Crippen MR) is 112 cm³/mol. The number of anilines is 1. The molecule has 1 heterocycles. The quantitative estimate of drug-likeness (QED) is 0.454. The Hall–Kier alpha value is -3.19. The molecule has 3 aromatic rings. The van der Waals surface area contributed by atoms with E-state index in [4.69, 9.17) is 30.5 Å². The van der Waals surface area contributed by atoms with Crippen molar-refractivity contribution in [2.75, 3.05) is 33.8 Å². The van der Waals surface area contributed by atoms with E-state index in [0.717, 1.165) is 16.5 Å². The van der Waals surface area contributed by atoms with Gasteiger partial charge in [-0.3, -0.25) is 0 Å². The zero-order valence-electron chi connectivity index (χ0n) is 16.5. The zero-order chi connectivity index (χ0) is 21.0. The van der Waals surface area contributed by atoms with Crippen LogP contribution in [0.1, 0.15) is 15.9 Å². The van der Waals surface area contributed by atoms with Gasteiger partial charge in [-0.25, -0.2) is 9.78 Å². The van der Waals surface area contributed by atoms with E-state index >= 15 is 0 Å². The van der Waals surface area contributed by atoms with Crippen molar-refractivity contribution in [2.24, 2.45) is 0 Å². The van der Waals surface area contributed by atoms with Crippen LogP contribution in [-0.4, -0.2) is 39.4 Å². The molecule has 0 fully saturated rings. The Bertz CT molecular complexity index is 1050. The first-order chi connectivity index (χ1) is 14.0. The lowest BCUT2D eigenvalue weighted by molar-refractivity contribution is 0.0601. The third kappa shape index (κ3) is 4.30. The van der Waals surface area contributed by atoms with Gasteiger partial charge >= 0.3 is 5.97 Å². The molecule has 3 rings (SSSR count). The van der Waals surface area contributed by atoms with E-state index in [1.54, 1.807) is 19.2 Å². The number of hydrogen-bond acceptors (Lipinski definition) is 7. The molecular formula is C21H21ClN2O5. The minimum Gasteiger partial charge on any atom is -0.497 e. The lowest BCUT2D eigenvalue weighted by Crippen LogP contribution is -2.10. The van der Waals surface area contributed by atoms with Crippen LogP contribution in [0.3, 0.4) is 0 Å². The lowest BCUT2D eigenvalue weighted by atomic mass is 10.1. The number of pyridine rings is 1. The number of nitrogens with zero attached hydrogens (tertiary/aromatic N) is 1. The lowest BCUT2D eigenvalue weighted by Gasteiger charge is -2.16. The van der Waals surface area contributed by atoms with Gasteiger partial charge in [-0.2, -0.15) is 0 Å². The summed E-state index contributed by atoms with van der Waals surface area (Å²) in [5.41, 5.74) is 2.36. The van der Waals surface area contributed by atoms with Gasteiger partial charge in [-0.05, 0) is 18.2 Å². The Balaban J connectivity index is 1.94. The van der Waals surface area contributed by atoms with Gasteiger partial charge < -0.3 is 24.3 Å². The van der Waals surface area contributed by atoms with Crippen molar-refractivity contribution in [3.63, 3.8) is 0 Å². The number of fused-ring (bicyclic) bond motifs is 1. The first-order valence-corrected chi connectivity index (χ1v) is 9.09. The Morgan fingerprint density at radius 3 is 2.38 bits per heavy atom. The van der Waals surface area contributed by atoms with E-state index in [9.17, 15) is 4.79 Å². The Labute approximate surface area is 173 Å². The topological polar surface area (TPSA) is 78.9 Å². The number of benzene rings is 2. The molecule has 0 saturated carbocycles. The molecule has 0 spiro atoms. The Morgan fingerprint density at radius 1 is 1.00 bits per heavy atom. The molecule has 0 amide bonds. The molecule has 8 heteroatoms. The van der Waals surface area contributed by atoms with Crippen LogP contribution in [0, 0.1) is 0 Å². The molecule has 0 atom stereocenters. The highest BCUT2D eigenvalue weighted by molar-refractivity contribution is 6.30. The summed E-state index contributed by atoms with van der Waals surface area (Å²) in [5.74, 6) is 1.12. The highest BCUT2D eigenvalue weighted by Gasteiger charge is 2.18. The molecule has 152 valence electrons. The monoisotopic (exact) mass is 416 g/mol. The second-order valence-corrected chi connectivity index (χ2v) is 6.45. The number of esters is 1. The zero-order valence-corrected chi connectivity index (χ0v) is 17.3. The van der Waals surface area contributed by atoms with Gasteiger partial charge in [0.25, 0.3) is 0 Å². The number of ether oxygens (including phenoxy) is 4. The minimum atomic E-state index is -0.497. The molecule has 1 aromatic heterocycles. The highest BCUT2D eigenvalue weighted by atomic mass is 35.5. The van der Waals surface area contributed by atoms with Gasteiger partial charge in [-0.1, -0.05) is 11.6 Å². The van der Waals surface area contributed by atoms with Gasteiger partial charge in [0, 0.05) is 35.7 Å². The molecular weight excluding hydrogens is 396 g/mol. The van der Waals surface area contributed by atoms with Crippen LogP contribution >= 0.6 is 11.6 Å². The van der Waals surface area contributed by atoms with E-state index in [1.807, 2.05) is 24.3 Å². The van der Waals surface area contributed by atoms with Crippen molar-refractivity contribution in [2.45, 2.75) is 6.54 Å².